The Bertz CT molecular complexity index is 535. The zero-order valence-electron chi connectivity index (χ0n) is 12.2. The van der Waals surface area contributed by atoms with Crippen LogP contribution < -0.4 is 4.72 Å². The van der Waals surface area contributed by atoms with Gasteiger partial charge in [-0.25, -0.2) is 13.1 Å². The van der Waals surface area contributed by atoms with Crippen LogP contribution in [0.2, 0.25) is 0 Å². The van der Waals surface area contributed by atoms with E-state index in [0.29, 0.717) is 0 Å². The summed E-state index contributed by atoms with van der Waals surface area (Å²) >= 11 is 3.27. The lowest BCUT2D eigenvalue weighted by Gasteiger charge is -2.34. The summed E-state index contributed by atoms with van der Waals surface area (Å²) in [6.07, 6.45) is 0.775. The lowest BCUT2D eigenvalue weighted by Crippen LogP contribution is -2.52. The van der Waals surface area contributed by atoms with E-state index in [-0.39, 0.29) is 10.8 Å². The minimum absolute atomic E-state index is 0.0280. The van der Waals surface area contributed by atoms with E-state index in [4.69, 9.17) is 0 Å². The van der Waals surface area contributed by atoms with E-state index < -0.39 is 21.7 Å². The van der Waals surface area contributed by atoms with E-state index in [1.165, 1.54) is 12.1 Å². The van der Waals surface area contributed by atoms with Gasteiger partial charge in [-0.15, -0.1) is 0 Å². The first-order valence-electron chi connectivity index (χ1n) is 6.58. The molecule has 0 heterocycles. The summed E-state index contributed by atoms with van der Waals surface area (Å²) in [5.41, 5.74) is -1.13. The number of hydrogen-bond donors (Lipinski definition) is 2. The van der Waals surface area contributed by atoms with Gasteiger partial charge in [0.2, 0.25) is 10.0 Å². The highest BCUT2D eigenvalue weighted by Gasteiger charge is 2.34. The second kappa shape index (κ2) is 6.56. The van der Waals surface area contributed by atoms with Crippen molar-refractivity contribution in [1.82, 2.24) is 4.72 Å². The molecule has 1 rings (SSSR count). The van der Waals surface area contributed by atoms with Crippen molar-refractivity contribution < 1.29 is 13.5 Å². The maximum absolute atomic E-state index is 12.4. The molecule has 0 aliphatic heterocycles. The molecular weight excluding hydrogens is 342 g/mol. The molecule has 0 aliphatic rings. The quantitative estimate of drug-likeness (QED) is 0.816. The predicted molar refractivity (Wildman–Crippen MR) is 84.0 cm³/mol. The summed E-state index contributed by atoms with van der Waals surface area (Å²) in [6, 6.07) is 5.88. The number of halogens is 1. The highest BCUT2D eigenvalue weighted by Crippen LogP contribution is 2.23. The van der Waals surface area contributed by atoms with Gasteiger partial charge in [0.05, 0.1) is 16.5 Å². The number of nitrogens with one attached hydrogen (secondary N) is 1. The van der Waals surface area contributed by atoms with Gasteiger partial charge in [0.15, 0.2) is 0 Å². The third-order valence-corrected chi connectivity index (χ3v) is 5.37. The summed E-state index contributed by atoms with van der Waals surface area (Å²) in [4.78, 5) is 0.193. The first-order chi connectivity index (χ1) is 9.08. The van der Waals surface area contributed by atoms with E-state index in [2.05, 4.69) is 20.7 Å². The lowest BCUT2D eigenvalue weighted by molar-refractivity contribution is 0.0257. The summed E-state index contributed by atoms with van der Waals surface area (Å²) in [5, 5.41) is 10.2. The SMILES string of the molecule is CCC(C)C(NS(=O)(=O)c1ccc(Br)cc1)C(C)(C)O. The highest BCUT2D eigenvalue weighted by molar-refractivity contribution is 9.10. The molecule has 2 unspecified atom stereocenters. The fraction of sp³-hybridized carbons (Fsp3) is 0.571. The summed E-state index contributed by atoms with van der Waals surface area (Å²) in [7, 11) is -3.65. The van der Waals surface area contributed by atoms with E-state index >= 15 is 0 Å². The predicted octanol–water partition coefficient (Wildman–Crippen LogP) is 2.91. The molecule has 0 aliphatic carbocycles. The van der Waals surface area contributed by atoms with Crippen LogP contribution in [0.4, 0.5) is 0 Å². The fourth-order valence-corrected chi connectivity index (χ4v) is 3.79. The summed E-state index contributed by atoms with van der Waals surface area (Å²) in [5.74, 6) is 0.0280. The molecule has 0 fully saturated rings. The normalized spacial score (nSPS) is 15.9. The molecule has 0 saturated heterocycles. The van der Waals surface area contributed by atoms with Gasteiger partial charge < -0.3 is 5.11 Å². The van der Waals surface area contributed by atoms with Crippen molar-refractivity contribution in [2.75, 3.05) is 0 Å². The van der Waals surface area contributed by atoms with Gasteiger partial charge in [-0.2, -0.15) is 0 Å². The maximum atomic E-state index is 12.4. The van der Waals surface area contributed by atoms with Crippen LogP contribution in [0.15, 0.2) is 33.6 Å². The van der Waals surface area contributed by atoms with Crippen molar-refractivity contribution >= 4 is 26.0 Å². The van der Waals surface area contributed by atoms with Crippen molar-refractivity contribution in [3.63, 3.8) is 0 Å². The topological polar surface area (TPSA) is 66.4 Å². The molecule has 1 aromatic carbocycles. The van der Waals surface area contributed by atoms with Gasteiger partial charge >= 0.3 is 0 Å². The Kier molecular flexibility index (Phi) is 5.78. The number of aliphatic hydroxyl groups is 1. The highest BCUT2D eigenvalue weighted by atomic mass is 79.9. The molecule has 6 heteroatoms. The van der Waals surface area contributed by atoms with Crippen molar-refractivity contribution in [2.24, 2.45) is 5.92 Å². The molecule has 1 aromatic rings. The minimum Gasteiger partial charge on any atom is -0.389 e. The smallest absolute Gasteiger partial charge is 0.240 e. The van der Waals surface area contributed by atoms with Gasteiger partial charge in [0.1, 0.15) is 0 Å². The Balaban J connectivity index is 3.06. The van der Waals surface area contributed by atoms with Gasteiger partial charge in [-0.1, -0.05) is 36.2 Å². The number of rotatable bonds is 6. The van der Waals surface area contributed by atoms with Crippen molar-refractivity contribution in [3.8, 4) is 0 Å². The van der Waals surface area contributed by atoms with Gasteiger partial charge in [0, 0.05) is 4.47 Å². The van der Waals surface area contributed by atoms with E-state index in [9.17, 15) is 13.5 Å². The average Bonchev–Trinajstić information content (AvgIpc) is 2.34. The van der Waals surface area contributed by atoms with Crippen LogP contribution in [0.3, 0.4) is 0 Å². The fourth-order valence-electron chi connectivity index (χ4n) is 2.04. The van der Waals surface area contributed by atoms with E-state index in [1.807, 2.05) is 13.8 Å². The maximum Gasteiger partial charge on any atom is 0.240 e. The van der Waals surface area contributed by atoms with E-state index in [1.54, 1.807) is 26.0 Å². The van der Waals surface area contributed by atoms with Crippen LogP contribution in [0.1, 0.15) is 34.1 Å². The molecule has 2 atom stereocenters. The molecule has 20 heavy (non-hydrogen) atoms. The first kappa shape index (κ1) is 17.6. The molecule has 2 N–H and O–H groups in total. The standard InChI is InChI=1S/C14H22BrNO3S/c1-5-10(2)13(14(3,4)17)16-20(18,19)12-8-6-11(15)7-9-12/h6-10,13,16-17H,5H2,1-4H3. The van der Waals surface area contributed by atoms with Crippen LogP contribution in [-0.4, -0.2) is 25.2 Å². The number of sulfonamides is 1. The first-order valence-corrected chi connectivity index (χ1v) is 8.86. The molecule has 0 radical (unpaired) electrons. The van der Waals surface area contributed by atoms with Crippen molar-refractivity contribution in [3.05, 3.63) is 28.7 Å². The van der Waals surface area contributed by atoms with Crippen molar-refractivity contribution in [2.45, 2.75) is 50.7 Å². The van der Waals surface area contributed by atoms with Crippen LogP contribution >= 0.6 is 15.9 Å². The van der Waals surface area contributed by atoms with Crippen LogP contribution in [0.5, 0.6) is 0 Å². The van der Waals surface area contributed by atoms with Crippen molar-refractivity contribution in [1.29, 1.82) is 0 Å². The Morgan fingerprint density at radius 2 is 1.80 bits per heavy atom. The van der Waals surface area contributed by atoms with Crippen LogP contribution in [-0.2, 0) is 10.0 Å². The van der Waals surface area contributed by atoms with Crippen LogP contribution in [0.25, 0.3) is 0 Å². The van der Waals surface area contributed by atoms with E-state index in [0.717, 1.165) is 10.9 Å². The molecule has 0 spiro atoms. The Hall–Kier alpha value is -0.430. The molecular formula is C14H22BrNO3S. The van der Waals surface area contributed by atoms with Gasteiger partial charge in [0.25, 0.3) is 0 Å². The molecule has 4 nitrogen and oxygen atoms in total. The Morgan fingerprint density at radius 3 is 2.20 bits per heavy atom. The summed E-state index contributed by atoms with van der Waals surface area (Å²) < 4.78 is 28.2. The lowest BCUT2D eigenvalue weighted by atomic mass is 9.87. The zero-order chi connectivity index (χ0) is 15.6. The molecule has 0 aromatic heterocycles. The number of benzene rings is 1. The third-order valence-electron chi connectivity index (χ3n) is 3.38. The largest absolute Gasteiger partial charge is 0.389 e. The second-order valence-electron chi connectivity index (χ2n) is 5.59. The molecule has 0 bridgehead atoms. The third kappa shape index (κ3) is 4.55. The molecule has 114 valence electrons. The Labute approximate surface area is 129 Å². The Morgan fingerprint density at radius 1 is 1.30 bits per heavy atom. The van der Waals surface area contributed by atoms with Crippen LogP contribution in [0, 0.1) is 5.92 Å². The monoisotopic (exact) mass is 363 g/mol. The summed E-state index contributed by atoms with van der Waals surface area (Å²) in [6.45, 7) is 7.13. The minimum atomic E-state index is -3.65. The van der Waals surface area contributed by atoms with Gasteiger partial charge in [-0.05, 0) is 44.0 Å². The average molecular weight is 364 g/mol. The molecule has 0 amide bonds. The van der Waals surface area contributed by atoms with Gasteiger partial charge in [-0.3, -0.25) is 0 Å². The zero-order valence-corrected chi connectivity index (χ0v) is 14.6. The second-order valence-corrected chi connectivity index (χ2v) is 8.22. The molecule has 0 saturated carbocycles. The number of hydrogen-bond acceptors (Lipinski definition) is 3.